The van der Waals surface area contributed by atoms with E-state index in [0.717, 1.165) is 0 Å². The molecule has 2 atom stereocenters. The summed E-state index contributed by atoms with van der Waals surface area (Å²) in [6, 6.07) is 4.86. The number of rotatable bonds is 6. The molecule has 1 rings (SSSR count). The summed E-state index contributed by atoms with van der Waals surface area (Å²) in [4.78, 5) is 34.6. The van der Waals surface area contributed by atoms with Gasteiger partial charge in [0.15, 0.2) is 0 Å². The van der Waals surface area contributed by atoms with Gasteiger partial charge in [0.25, 0.3) is 0 Å². The number of esters is 1. The minimum Gasteiger partial charge on any atom is -0.467 e. The quantitative estimate of drug-likeness (QED) is 0.691. The molecule has 7 nitrogen and oxygen atoms in total. The number of ether oxygens (including phenoxy) is 1. The van der Waals surface area contributed by atoms with Gasteiger partial charge < -0.3 is 21.1 Å². The van der Waals surface area contributed by atoms with Crippen LogP contribution in [0.2, 0.25) is 0 Å². The Labute approximate surface area is 129 Å². The highest BCUT2D eigenvalue weighted by atomic mass is 16.5. The van der Waals surface area contributed by atoms with Crippen molar-refractivity contribution in [3.8, 4) is 0 Å². The van der Waals surface area contributed by atoms with E-state index in [-0.39, 0.29) is 5.92 Å². The fourth-order valence-electron chi connectivity index (χ4n) is 1.82. The minimum absolute atomic E-state index is 0.0598. The van der Waals surface area contributed by atoms with Gasteiger partial charge in [-0.15, -0.1) is 0 Å². The van der Waals surface area contributed by atoms with E-state index >= 15 is 0 Å². The van der Waals surface area contributed by atoms with E-state index in [4.69, 9.17) is 10.5 Å². The number of carbonyl (C=O) groups is 3. The molecule has 0 aliphatic rings. The molecule has 0 bridgehead atoms. The van der Waals surface area contributed by atoms with Crippen LogP contribution in [0.4, 0.5) is 10.5 Å². The number of methoxy groups -OCH3 is 1. The second-order valence-corrected chi connectivity index (χ2v) is 4.93. The topological polar surface area (TPSA) is 111 Å². The Bertz CT molecular complexity index is 542. The van der Waals surface area contributed by atoms with Crippen LogP contribution in [0.1, 0.15) is 30.6 Å². The lowest BCUT2D eigenvalue weighted by Gasteiger charge is -2.22. The Hall–Kier alpha value is -2.57. The number of primary amides is 1. The standard InChI is InChI=1S/C15H21N3O4/c1-4-9(2)12(14(20)22-3)18-15(21)17-11-7-5-10(6-8-11)13(16)19/h5-9,12H,4H2,1-3H3,(H2,16,19)(H2,17,18,21). The summed E-state index contributed by atoms with van der Waals surface area (Å²) in [6.45, 7) is 3.77. The highest BCUT2D eigenvalue weighted by Gasteiger charge is 2.26. The summed E-state index contributed by atoms with van der Waals surface area (Å²) in [5.74, 6) is -1.09. The van der Waals surface area contributed by atoms with Crippen LogP contribution in [-0.2, 0) is 9.53 Å². The SMILES string of the molecule is CCC(C)C(NC(=O)Nc1ccc(C(N)=O)cc1)C(=O)OC. The van der Waals surface area contributed by atoms with Crippen LogP contribution in [-0.4, -0.2) is 31.1 Å². The molecule has 0 aliphatic heterocycles. The van der Waals surface area contributed by atoms with Gasteiger partial charge in [-0.3, -0.25) is 4.79 Å². The zero-order chi connectivity index (χ0) is 16.7. The fourth-order valence-corrected chi connectivity index (χ4v) is 1.82. The van der Waals surface area contributed by atoms with Gasteiger partial charge in [0.05, 0.1) is 7.11 Å². The van der Waals surface area contributed by atoms with Gasteiger partial charge in [0.1, 0.15) is 6.04 Å². The molecule has 0 aliphatic carbocycles. The summed E-state index contributed by atoms with van der Waals surface area (Å²) >= 11 is 0. The number of hydrogen-bond donors (Lipinski definition) is 3. The molecule has 22 heavy (non-hydrogen) atoms. The average molecular weight is 307 g/mol. The molecule has 0 fully saturated rings. The zero-order valence-corrected chi connectivity index (χ0v) is 12.9. The van der Waals surface area contributed by atoms with Gasteiger partial charge in [0, 0.05) is 11.3 Å². The van der Waals surface area contributed by atoms with Crippen molar-refractivity contribution in [2.75, 3.05) is 12.4 Å². The maximum absolute atomic E-state index is 12.0. The van der Waals surface area contributed by atoms with Gasteiger partial charge in [-0.2, -0.15) is 0 Å². The molecule has 0 radical (unpaired) electrons. The monoisotopic (exact) mass is 307 g/mol. The molecule has 0 saturated carbocycles. The lowest BCUT2D eigenvalue weighted by molar-refractivity contribution is -0.144. The van der Waals surface area contributed by atoms with Gasteiger partial charge in [0.2, 0.25) is 5.91 Å². The lowest BCUT2D eigenvalue weighted by Crippen LogP contribution is -2.47. The van der Waals surface area contributed by atoms with Crippen molar-refractivity contribution in [1.82, 2.24) is 5.32 Å². The van der Waals surface area contributed by atoms with E-state index < -0.39 is 23.9 Å². The van der Waals surface area contributed by atoms with Crippen LogP contribution in [0.3, 0.4) is 0 Å². The van der Waals surface area contributed by atoms with E-state index in [1.165, 1.54) is 19.2 Å². The van der Waals surface area contributed by atoms with Gasteiger partial charge >= 0.3 is 12.0 Å². The number of amides is 3. The van der Waals surface area contributed by atoms with Crippen molar-refractivity contribution >= 4 is 23.6 Å². The largest absolute Gasteiger partial charge is 0.467 e. The van der Waals surface area contributed by atoms with Crippen molar-refractivity contribution in [1.29, 1.82) is 0 Å². The zero-order valence-electron chi connectivity index (χ0n) is 12.9. The third-order valence-electron chi connectivity index (χ3n) is 3.38. The molecule has 2 unspecified atom stereocenters. The minimum atomic E-state index is -0.722. The third kappa shape index (κ3) is 4.76. The van der Waals surface area contributed by atoms with E-state index in [9.17, 15) is 14.4 Å². The first-order valence-electron chi connectivity index (χ1n) is 6.94. The average Bonchev–Trinajstić information content (AvgIpc) is 2.51. The molecule has 7 heteroatoms. The van der Waals surface area contributed by atoms with Crippen LogP contribution in [0, 0.1) is 5.92 Å². The smallest absolute Gasteiger partial charge is 0.328 e. The summed E-state index contributed by atoms with van der Waals surface area (Å²) in [7, 11) is 1.28. The van der Waals surface area contributed by atoms with Crippen molar-refractivity contribution in [3.05, 3.63) is 29.8 Å². The molecule has 0 aromatic heterocycles. The van der Waals surface area contributed by atoms with Gasteiger partial charge in [-0.1, -0.05) is 20.3 Å². The Morgan fingerprint density at radius 3 is 2.27 bits per heavy atom. The van der Waals surface area contributed by atoms with Crippen molar-refractivity contribution in [2.45, 2.75) is 26.3 Å². The number of nitrogens with two attached hydrogens (primary N) is 1. The predicted octanol–water partition coefficient (Wildman–Crippen LogP) is 1.49. The summed E-state index contributed by atoms with van der Waals surface area (Å²) in [6.07, 6.45) is 0.716. The Kier molecular flexibility index (Phi) is 6.37. The number of nitrogens with one attached hydrogen (secondary N) is 2. The van der Waals surface area contributed by atoms with Crippen LogP contribution in [0.25, 0.3) is 0 Å². The molecule has 1 aromatic carbocycles. The summed E-state index contributed by atoms with van der Waals surface area (Å²) < 4.78 is 4.70. The third-order valence-corrected chi connectivity index (χ3v) is 3.38. The molecular formula is C15H21N3O4. The number of anilines is 1. The van der Waals surface area contributed by atoms with Crippen molar-refractivity contribution < 1.29 is 19.1 Å². The summed E-state index contributed by atoms with van der Waals surface area (Å²) in [5.41, 5.74) is 5.97. The molecule has 1 aromatic rings. The highest BCUT2D eigenvalue weighted by Crippen LogP contribution is 2.11. The molecule has 120 valence electrons. The van der Waals surface area contributed by atoms with E-state index in [2.05, 4.69) is 10.6 Å². The maximum atomic E-state index is 12.0. The van der Waals surface area contributed by atoms with Crippen molar-refractivity contribution in [3.63, 3.8) is 0 Å². The molecular weight excluding hydrogens is 286 g/mol. The van der Waals surface area contributed by atoms with Gasteiger partial charge in [-0.05, 0) is 30.2 Å². The predicted molar refractivity (Wildman–Crippen MR) is 82.4 cm³/mol. The molecule has 0 heterocycles. The molecule has 0 spiro atoms. The van der Waals surface area contributed by atoms with E-state index in [0.29, 0.717) is 17.7 Å². The normalized spacial score (nSPS) is 12.9. The molecule has 0 saturated heterocycles. The number of carbonyl (C=O) groups excluding carboxylic acids is 3. The van der Waals surface area contributed by atoms with Crippen molar-refractivity contribution in [2.24, 2.45) is 11.7 Å². The first-order chi connectivity index (χ1) is 10.4. The van der Waals surface area contributed by atoms with Crippen LogP contribution in [0.5, 0.6) is 0 Å². The fraction of sp³-hybridized carbons (Fsp3) is 0.400. The Balaban J connectivity index is 2.70. The summed E-state index contributed by atoms with van der Waals surface area (Å²) in [5, 5.41) is 5.17. The number of urea groups is 1. The lowest BCUT2D eigenvalue weighted by atomic mass is 9.99. The Morgan fingerprint density at radius 1 is 1.23 bits per heavy atom. The number of hydrogen-bond acceptors (Lipinski definition) is 4. The van der Waals surface area contributed by atoms with Gasteiger partial charge in [-0.25, -0.2) is 9.59 Å². The first kappa shape index (κ1) is 17.5. The second-order valence-electron chi connectivity index (χ2n) is 4.93. The van der Waals surface area contributed by atoms with E-state index in [1.54, 1.807) is 12.1 Å². The molecule has 3 amide bonds. The van der Waals surface area contributed by atoms with Crippen LogP contribution in [0.15, 0.2) is 24.3 Å². The van der Waals surface area contributed by atoms with Crippen LogP contribution < -0.4 is 16.4 Å². The van der Waals surface area contributed by atoms with Crippen LogP contribution >= 0.6 is 0 Å². The first-order valence-corrected chi connectivity index (χ1v) is 6.94. The highest BCUT2D eigenvalue weighted by molar-refractivity contribution is 5.95. The Morgan fingerprint density at radius 2 is 1.82 bits per heavy atom. The molecule has 4 N–H and O–H groups in total. The number of benzene rings is 1. The maximum Gasteiger partial charge on any atom is 0.328 e. The van der Waals surface area contributed by atoms with E-state index in [1.807, 2.05) is 13.8 Å². The second kappa shape index (κ2) is 8.02.